The predicted octanol–water partition coefficient (Wildman–Crippen LogP) is 2.88. The SMILES string of the molecule is COc1ccc(C(=O)COC(=O)c2ccc(OC)c(F)c2)cc1. The van der Waals surface area contributed by atoms with Crippen molar-refractivity contribution in [1.82, 2.24) is 0 Å². The molecule has 2 rings (SSSR count). The third-order valence-electron chi connectivity index (χ3n) is 3.13. The van der Waals surface area contributed by atoms with Crippen LogP contribution in [0, 0.1) is 5.82 Å². The fourth-order valence-electron chi connectivity index (χ4n) is 1.87. The molecule has 5 nitrogen and oxygen atoms in total. The van der Waals surface area contributed by atoms with Crippen molar-refractivity contribution >= 4 is 11.8 Å². The van der Waals surface area contributed by atoms with Gasteiger partial charge in [0.05, 0.1) is 19.8 Å². The summed E-state index contributed by atoms with van der Waals surface area (Å²) in [6.07, 6.45) is 0. The maximum Gasteiger partial charge on any atom is 0.338 e. The van der Waals surface area contributed by atoms with Crippen LogP contribution in [0.25, 0.3) is 0 Å². The fraction of sp³-hybridized carbons (Fsp3) is 0.176. The van der Waals surface area contributed by atoms with Crippen molar-refractivity contribution in [3.05, 3.63) is 59.4 Å². The van der Waals surface area contributed by atoms with Gasteiger partial charge in [-0.15, -0.1) is 0 Å². The number of hydrogen-bond acceptors (Lipinski definition) is 5. The molecular weight excluding hydrogens is 303 g/mol. The first-order chi connectivity index (χ1) is 11.0. The Hall–Kier alpha value is -2.89. The highest BCUT2D eigenvalue weighted by Crippen LogP contribution is 2.18. The van der Waals surface area contributed by atoms with Crippen molar-refractivity contribution < 1.29 is 28.2 Å². The molecule has 0 unspecified atom stereocenters. The third kappa shape index (κ3) is 4.06. The second-order valence-electron chi connectivity index (χ2n) is 4.58. The standard InChI is InChI=1S/C17H15FO5/c1-21-13-6-3-11(4-7-13)15(19)10-23-17(20)12-5-8-16(22-2)14(18)9-12/h3-9H,10H2,1-2H3. The molecule has 0 atom stereocenters. The number of ketones is 1. The van der Waals surface area contributed by atoms with E-state index < -0.39 is 18.4 Å². The van der Waals surface area contributed by atoms with Gasteiger partial charge >= 0.3 is 5.97 Å². The first kappa shape index (κ1) is 16.5. The maximum atomic E-state index is 13.5. The first-order valence-corrected chi connectivity index (χ1v) is 6.73. The van der Waals surface area contributed by atoms with Gasteiger partial charge in [0.1, 0.15) is 5.75 Å². The van der Waals surface area contributed by atoms with Crippen molar-refractivity contribution in [2.75, 3.05) is 20.8 Å². The second-order valence-corrected chi connectivity index (χ2v) is 4.58. The average molecular weight is 318 g/mol. The molecule has 0 aliphatic heterocycles. The molecule has 0 aliphatic rings. The molecule has 0 amide bonds. The van der Waals surface area contributed by atoms with Crippen LogP contribution in [0.15, 0.2) is 42.5 Å². The molecule has 120 valence electrons. The molecule has 0 bridgehead atoms. The van der Waals surface area contributed by atoms with E-state index in [0.717, 1.165) is 6.07 Å². The van der Waals surface area contributed by atoms with Crippen LogP contribution in [-0.2, 0) is 4.74 Å². The highest BCUT2D eigenvalue weighted by Gasteiger charge is 2.14. The molecule has 6 heteroatoms. The number of rotatable bonds is 6. The predicted molar refractivity (Wildman–Crippen MR) is 80.6 cm³/mol. The van der Waals surface area contributed by atoms with Gasteiger partial charge in [-0.25, -0.2) is 9.18 Å². The summed E-state index contributed by atoms with van der Waals surface area (Å²) >= 11 is 0. The average Bonchev–Trinajstić information content (AvgIpc) is 2.59. The van der Waals surface area contributed by atoms with Gasteiger partial charge in [-0.3, -0.25) is 4.79 Å². The van der Waals surface area contributed by atoms with Crippen LogP contribution >= 0.6 is 0 Å². The van der Waals surface area contributed by atoms with Crippen LogP contribution in [-0.4, -0.2) is 32.6 Å². The summed E-state index contributed by atoms with van der Waals surface area (Å²) in [5.74, 6) is -1.19. The van der Waals surface area contributed by atoms with E-state index in [1.165, 1.54) is 26.4 Å². The van der Waals surface area contributed by atoms with Crippen LogP contribution < -0.4 is 9.47 Å². The molecule has 0 heterocycles. The van der Waals surface area contributed by atoms with Gasteiger partial charge in [-0.2, -0.15) is 0 Å². The summed E-state index contributed by atoms with van der Waals surface area (Å²) in [5.41, 5.74) is 0.394. The zero-order chi connectivity index (χ0) is 16.8. The summed E-state index contributed by atoms with van der Waals surface area (Å²) in [6, 6.07) is 10.1. The van der Waals surface area contributed by atoms with Crippen LogP contribution in [0.5, 0.6) is 11.5 Å². The largest absolute Gasteiger partial charge is 0.497 e. The Morgan fingerprint density at radius 3 is 2.17 bits per heavy atom. The minimum absolute atomic E-state index is 0.00540. The molecule has 0 fully saturated rings. The Bertz CT molecular complexity index is 709. The number of esters is 1. The summed E-state index contributed by atoms with van der Waals surface area (Å²) in [4.78, 5) is 23.8. The Morgan fingerprint density at radius 1 is 0.957 bits per heavy atom. The van der Waals surface area contributed by atoms with E-state index in [4.69, 9.17) is 14.2 Å². The number of halogens is 1. The minimum Gasteiger partial charge on any atom is -0.497 e. The Morgan fingerprint density at radius 2 is 1.61 bits per heavy atom. The third-order valence-corrected chi connectivity index (χ3v) is 3.13. The second kappa shape index (κ2) is 7.40. The van der Waals surface area contributed by atoms with Gasteiger partial charge < -0.3 is 14.2 Å². The Kier molecular flexibility index (Phi) is 5.30. The highest BCUT2D eigenvalue weighted by atomic mass is 19.1. The molecular formula is C17H15FO5. The van der Waals surface area contributed by atoms with Gasteiger partial charge in [0.2, 0.25) is 0 Å². The molecule has 0 saturated heterocycles. The van der Waals surface area contributed by atoms with Crippen LogP contribution in [0.3, 0.4) is 0 Å². The van der Waals surface area contributed by atoms with E-state index in [2.05, 4.69) is 0 Å². The van der Waals surface area contributed by atoms with E-state index >= 15 is 0 Å². The van der Waals surface area contributed by atoms with E-state index in [9.17, 15) is 14.0 Å². The fourth-order valence-corrected chi connectivity index (χ4v) is 1.87. The number of ether oxygens (including phenoxy) is 3. The first-order valence-electron chi connectivity index (χ1n) is 6.73. The zero-order valence-corrected chi connectivity index (χ0v) is 12.7. The molecule has 2 aromatic rings. The van der Waals surface area contributed by atoms with Crippen molar-refractivity contribution in [3.8, 4) is 11.5 Å². The van der Waals surface area contributed by atoms with Gasteiger partial charge in [-0.1, -0.05) is 0 Å². The zero-order valence-electron chi connectivity index (χ0n) is 12.7. The van der Waals surface area contributed by atoms with E-state index in [-0.39, 0.29) is 17.1 Å². The van der Waals surface area contributed by atoms with Gasteiger partial charge in [0, 0.05) is 5.56 Å². The van der Waals surface area contributed by atoms with Crippen molar-refractivity contribution in [3.63, 3.8) is 0 Å². The molecule has 0 N–H and O–H groups in total. The van der Waals surface area contributed by atoms with Crippen LogP contribution in [0.1, 0.15) is 20.7 Å². The van der Waals surface area contributed by atoms with Gasteiger partial charge in [0.25, 0.3) is 0 Å². The number of hydrogen-bond donors (Lipinski definition) is 0. The van der Waals surface area contributed by atoms with Crippen LogP contribution in [0.2, 0.25) is 0 Å². The molecule has 23 heavy (non-hydrogen) atoms. The minimum atomic E-state index is -0.784. The molecule has 0 aliphatic carbocycles. The summed E-state index contributed by atoms with van der Waals surface area (Å²) < 4.78 is 28.2. The summed E-state index contributed by atoms with van der Waals surface area (Å²) in [6.45, 7) is -0.432. The lowest BCUT2D eigenvalue weighted by Crippen LogP contribution is -2.14. The topological polar surface area (TPSA) is 61.8 Å². The van der Waals surface area contributed by atoms with E-state index in [0.29, 0.717) is 11.3 Å². The van der Waals surface area contributed by atoms with Gasteiger partial charge in [0.15, 0.2) is 24.0 Å². The van der Waals surface area contributed by atoms with Crippen LogP contribution in [0.4, 0.5) is 4.39 Å². The lowest BCUT2D eigenvalue weighted by Gasteiger charge is -2.07. The highest BCUT2D eigenvalue weighted by molar-refractivity contribution is 5.99. The van der Waals surface area contributed by atoms with Crippen molar-refractivity contribution in [2.24, 2.45) is 0 Å². The Balaban J connectivity index is 1.97. The lowest BCUT2D eigenvalue weighted by atomic mass is 10.1. The van der Waals surface area contributed by atoms with E-state index in [1.807, 2.05) is 0 Å². The number of benzene rings is 2. The lowest BCUT2D eigenvalue weighted by molar-refractivity contribution is 0.0474. The number of Topliss-reactive ketones (excluding diaryl/α,β-unsaturated/α-hetero) is 1. The van der Waals surface area contributed by atoms with Crippen molar-refractivity contribution in [2.45, 2.75) is 0 Å². The smallest absolute Gasteiger partial charge is 0.338 e. The van der Waals surface area contributed by atoms with Crippen molar-refractivity contribution in [1.29, 1.82) is 0 Å². The number of methoxy groups -OCH3 is 2. The number of carbonyl (C=O) groups is 2. The molecule has 0 aromatic heterocycles. The number of carbonyl (C=O) groups excluding carboxylic acids is 2. The summed E-state index contributed by atoms with van der Waals surface area (Å²) in [7, 11) is 2.84. The van der Waals surface area contributed by atoms with E-state index in [1.54, 1.807) is 24.3 Å². The summed E-state index contributed by atoms with van der Waals surface area (Å²) in [5, 5.41) is 0. The maximum absolute atomic E-state index is 13.5. The molecule has 0 spiro atoms. The molecule has 0 radical (unpaired) electrons. The molecule has 0 saturated carbocycles. The quantitative estimate of drug-likeness (QED) is 0.605. The normalized spacial score (nSPS) is 10.0. The van der Waals surface area contributed by atoms with Gasteiger partial charge in [-0.05, 0) is 42.5 Å². The Labute approximate surface area is 132 Å². The molecule has 2 aromatic carbocycles. The monoisotopic (exact) mass is 318 g/mol.